The van der Waals surface area contributed by atoms with E-state index in [1.807, 2.05) is 0 Å². The normalized spacial score (nSPS) is 20.2. The molecule has 0 spiro atoms. The van der Waals surface area contributed by atoms with Crippen LogP contribution in [0.3, 0.4) is 0 Å². The number of hydrogen-bond acceptors (Lipinski definition) is 3. The summed E-state index contributed by atoms with van der Waals surface area (Å²) >= 11 is 0. The zero-order chi connectivity index (χ0) is 15.5. The molecule has 0 radical (unpaired) electrons. The van der Waals surface area contributed by atoms with Gasteiger partial charge in [-0.25, -0.2) is 4.39 Å². The Morgan fingerprint density at radius 2 is 2.00 bits per heavy atom. The lowest BCUT2D eigenvalue weighted by Crippen LogP contribution is -2.29. The van der Waals surface area contributed by atoms with E-state index in [1.54, 1.807) is 12.1 Å². The summed E-state index contributed by atoms with van der Waals surface area (Å²) in [5.74, 6) is -0.147. The number of hydrogen-bond donors (Lipinski definition) is 1. The van der Waals surface area contributed by atoms with Gasteiger partial charge in [0, 0.05) is 0 Å². The molecule has 1 aliphatic rings. The van der Waals surface area contributed by atoms with Gasteiger partial charge in [-0.2, -0.15) is 0 Å². The van der Waals surface area contributed by atoms with Gasteiger partial charge in [0.2, 0.25) is 0 Å². The van der Waals surface area contributed by atoms with Gasteiger partial charge in [-0.1, -0.05) is 19.9 Å². The summed E-state index contributed by atoms with van der Waals surface area (Å²) in [6.07, 6.45) is 4.81. The van der Waals surface area contributed by atoms with Crippen molar-refractivity contribution in [1.82, 2.24) is 0 Å². The molecule has 4 heteroatoms. The van der Waals surface area contributed by atoms with Gasteiger partial charge in [0.25, 0.3) is 0 Å². The molecule has 0 heterocycles. The molecule has 1 atom stereocenters. The van der Waals surface area contributed by atoms with Gasteiger partial charge in [0.15, 0.2) is 11.6 Å². The predicted octanol–water partition coefficient (Wildman–Crippen LogP) is 3.82. The fourth-order valence-corrected chi connectivity index (χ4v) is 2.79. The molecule has 118 valence electrons. The second-order valence-corrected chi connectivity index (χ2v) is 6.70. The lowest BCUT2D eigenvalue weighted by atomic mass is 9.76. The molecule has 1 fully saturated rings. The van der Waals surface area contributed by atoms with Crippen molar-refractivity contribution in [3.63, 3.8) is 0 Å². The van der Waals surface area contributed by atoms with E-state index in [0.29, 0.717) is 12.0 Å². The van der Waals surface area contributed by atoms with Crippen LogP contribution in [-0.2, 0) is 4.74 Å². The Kier molecular flexibility index (Phi) is 5.22. The molecule has 21 heavy (non-hydrogen) atoms. The first kappa shape index (κ1) is 16.2. The Morgan fingerprint density at radius 3 is 2.57 bits per heavy atom. The van der Waals surface area contributed by atoms with Crippen LogP contribution in [0.1, 0.15) is 51.1 Å². The van der Waals surface area contributed by atoms with Crippen LogP contribution in [0.15, 0.2) is 18.2 Å². The van der Waals surface area contributed by atoms with Crippen molar-refractivity contribution in [3.05, 3.63) is 29.6 Å². The zero-order valence-corrected chi connectivity index (χ0v) is 13.2. The number of benzene rings is 1. The number of nitrogens with two attached hydrogens (primary N) is 1. The molecule has 2 rings (SSSR count). The van der Waals surface area contributed by atoms with Crippen LogP contribution in [0, 0.1) is 11.2 Å². The van der Waals surface area contributed by atoms with Crippen LogP contribution in [0.25, 0.3) is 0 Å². The molecule has 1 saturated carbocycles. The molecule has 0 amide bonds. The molecule has 1 aromatic carbocycles. The zero-order valence-electron chi connectivity index (χ0n) is 13.2. The average molecular weight is 295 g/mol. The monoisotopic (exact) mass is 295 g/mol. The fourth-order valence-electron chi connectivity index (χ4n) is 2.79. The lowest BCUT2D eigenvalue weighted by Gasteiger charge is -2.34. The Bertz CT molecular complexity index is 466. The second-order valence-electron chi connectivity index (χ2n) is 6.70. The first-order valence-electron chi connectivity index (χ1n) is 7.62. The number of halogens is 1. The predicted molar refractivity (Wildman–Crippen MR) is 81.9 cm³/mol. The first-order chi connectivity index (χ1) is 9.91. The first-order valence-corrected chi connectivity index (χ1v) is 7.62. The highest BCUT2D eigenvalue weighted by Gasteiger charge is 2.27. The largest absolute Gasteiger partial charge is 0.494 e. The van der Waals surface area contributed by atoms with Crippen molar-refractivity contribution >= 4 is 0 Å². The molecular formula is C17H26FNO2. The van der Waals surface area contributed by atoms with Crippen molar-refractivity contribution in [1.29, 1.82) is 0 Å². The Hall–Kier alpha value is -1.13. The Labute approximate surface area is 126 Å². The molecule has 0 aromatic heterocycles. The topological polar surface area (TPSA) is 44.5 Å². The number of rotatable bonds is 5. The fraction of sp³-hybridized carbons (Fsp3) is 0.647. The third kappa shape index (κ3) is 4.42. The van der Waals surface area contributed by atoms with Crippen molar-refractivity contribution in [3.8, 4) is 5.75 Å². The van der Waals surface area contributed by atoms with Gasteiger partial charge in [-0.05, 0) is 48.8 Å². The molecule has 1 aliphatic carbocycles. The van der Waals surface area contributed by atoms with Crippen LogP contribution in [0.5, 0.6) is 5.75 Å². The van der Waals surface area contributed by atoms with Crippen LogP contribution >= 0.6 is 0 Å². The summed E-state index contributed by atoms with van der Waals surface area (Å²) in [4.78, 5) is 0. The summed E-state index contributed by atoms with van der Waals surface area (Å²) in [5, 5.41) is 0. The summed E-state index contributed by atoms with van der Waals surface area (Å²) < 4.78 is 24.5. The highest BCUT2D eigenvalue weighted by molar-refractivity contribution is 5.30. The van der Waals surface area contributed by atoms with Crippen molar-refractivity contribution in [2.24, 2.45) is 11.1 Å². The summed E-state index contributed by atoms with van der Waals surface area (Å²) in [5.41, 5.74) is 7.27. The van der Waals surface area contributed by atoms with Crippen LogP contribution in [-0.4, -0.2) is 19.8 Å². The SMILES string of the molecule is COc1ccc(C(N)COC2CCC(C)(C)CC2)cc1F. The van der Waals surface area contributed by atoms with Gasteiger partial charge < -0.3 is 15.2 Å². The van der Waals surface area contributed by atoms with Crippen LogP contribution in [0.4, 0.5) is 4.39 Å². The second kappa shape index (κ2) is 6.75. The highest BCUT2D eigenvalue weighted by atomic mass is 19.1. The van der Waals surface area contributed by atoms with Gasteiger partial charge in [-0.3, -0.25) is 0 Å². The van der Waals surface area contributed by atoms with E-state index in [1.165, 1.54) is 26.0 Å². The van der Waals surface area contributed by atoms with Crippen LogP contribution < -0.4 is 10.5 Å². The molecule has 1 aromatic rings. The average Bonchev–Trinajstić information content (AvgIpc) is 2.45. The van der Waals surface area contributed by atoms with Crippen molar-refractivity contribution in [2.75, 3.05) is 13.7 Å². The molecular weight excluding hydrogens is 269 g/mol. The van der Waals surface area contributed by atoms with Crippen molar-refractivity contribution < 1.29 is 13.9 Å². The molecule has 2 N–H and O–H groups in total. The Morgan fingerprint density at radius 1 is 1.33 bits per heavy atom. The number of ether oxygens (including phenoxy) is 2. The maximum absolute atomic E-state index is 13.7. The minimum atomic E-state index is -0.384. The molecule has 0 bridgehead atoms. The van der Waals surface area contributed by atoms with Gasteiger partial charge >= 0.3 is 0 Å². The van der Waals surface area contributed by atoms with Gasteiger partial charge in [0.05, 0.1) is 25.9 Å². The smallest absolute Gasteiger partial charge is 0.165 e. The van der Waals surface area contributed by atoms with E-state index >= 15 is 0 Å². The maximum atomic E-state index is 13.7. The van der Waals surface area contributed by atoms with Gasteiger partial charge in [-0.15, -0.1) is 0 Å². The Balaban J connectivity index is 1.85. The van der Waals surface area contributed by atoms with Gasteiger partial charge in [0.1, 0.15) is 0 Å². The van der Waals surface area contributed by atoms with E-state index in [0.717, 1.165) is 18.4 Å². The van der Waals surface area contributed by atoms with E-state index in [-0.39, 0.29) is 23.7 Å². The summed E-state index contributed by atoms with van der Waals surface area (Å²) in [6, 6.07) is 4.52. The molecule has 3 nitrogen and oxygen atoms in total. The molecule has 0 saturated heterocycles. The van der Waals surface area contributed by atoms with Crippen molar-refractivity contribution in [2.45, 2.75) is 51.7 Å². The van der Waals surface area contributed by atoms with E-state index in [2.05, 4.69) is 13.8 Å². The summed E-state index contributed by atoms with van der Waals surface area (Å²) in [7, 11) is 1.45. The lowest BCUT2D eigenvalue weighted by molar-refractivity contribution is -0.00187. The number of methoxy groups -OCH3 is 1. The standard InChI is InChI=1S/C17H26FNO2/c1-17(2)8-6-13(7-9-17)21-11-15(19)12-4-5-16(20-3)14(18)10-12/h4-5,10,13,15H,6-9,11,19H2,1-3H3. The van der Waals surface area contributed by atoms with E-state index in [9.17, 15) is 4.39 Å². The molecule has 0 aliphatic heterocycles. The minimum absolute atomic E-state index is 0.237. The summed E-state index contributed by atoms with van der Waals surface area (Å²) in [6.45, 7) is 5.03. The molecule has 1 unspecified atom stereocenters. The van der Waals surface area contributed by atoms with E-state index < -0.39 is 0 Å². The minimum Gasteiger partial charge on any atom is -0.494 e. The van der Waals surface area contributed by atoms with Crippen LogP contribution in [0.2, 0.25) is 0 Å². The maximum Gasteiger partial charge on any atom is 0.165 e. The highest BCUT2D eigenvalue weighted by Crippen LogP contribution is 2.36. The third-order valence-electron chi connectivity index (χ3n) is 4.40. The third-order valence-corrected chi connectivity index (χ3v) is 4.40. The van der Waals surface area contributed by atoms with E-state index in [4.69, 9.17) is 15.2 Å². The quantitative estimate of drug-likeness (QED) is 0.898.